The van der Waals surface area contributed by atoms with Gasteiger partial charge in [0.05, 0.1) is 11.0 Å². The van der Waals surface area contributed by atoms with E-state index in [0.29, 0.717) is 11.5 Å². The summed E-state index contributed by atoms with van der Waals surface area (Å²) < 4.78 is 0. The fourth-order valence-electron chi connectivity index (χ4n) is 1.83. The maximum atomic E-state index is 12.3. The van der Waals surface area contributed by atoms with Crippen molar-refractivity contribution in [3.05, 3.63) is 53.0 Å². The first-order valence-corrected chi connectivity index (χ1v) is 6.72. The summed E-state index contributed by atoms with van der Waals surface area (Å²) in [5, 5.41) is 2.86. The van der Waals surface area contributed by atoms with Gasteiger partial charge < -0.3 is 0 Å². The van der Waals surface area contributed by atoms with Crippen LogP contribution in [0.5, 0.6) is 0 Å². The number of amides is 1. The van der Waals surface area contributed by atoms with E-state index in [-0.39, 0.29) is 5.91 Å². The van der Waals surface area contributed by atoms with Crippen LogP contribution >= 0.6 is 11.3 Å². The minimum atomic E-state index is -0.156. The van der Waals surface area contributed by atoms with Crippen LogP contribution in [0.2, 0.25) is 0 Å². The second-order valence-corrected chi connectivity index (χ2v) is 4.82. The summed E-state index contributed by atoms with van der Waals surface area (Å²) in [5.74, 6) is 0.488. The van der Waals surface area contributed by atoms with E-state index in [4.69, 9.17) is 0 Å². The van der Waals surface area contributed by atoms with Crippen LogP contribution in [0.15, 0.2) is 47.3 Å². The van der Waals surface area contributed by atoms with Gasteiger partial charge in [0.25, 0.3) is 5.91 Å². The van der Waals surface area contributed by atoms with Crippen LogP contribution < -0.4 is 4.90 Å². The highest BCUT2D eigenvalue weighted by molar-refractivity contribution is 7.07. The first-order valence-electron chi connectivity index (χ1n) is 5.78. The molecule has 0 radical (unpaired) electrons. The van der Waals surface area contributed by atoms with Gasteiger partial charge in [0.1, 0.15) is 11.5 Å². The highest BCUT2D eigenvalue weighted by Gasteiger charge is 2.16. The molecule has 94 valence electrons. The molecule has 3 rings (SSSR count). The van der Waals surface area contributed by atoms with Gasteiger partial charge in [0, 0.05) is 17.8 Å². The van der Waals surface area contributed by atoms with E-state index < -0.39 is 0 Å². The third-order valence-electron chi connectivity index (χ3n) is 2.89. The third-order valence-corrected chi connectivity index (χ3v) is 3.46. The highest BCUT2D eigenvalue weighted by atomic mass is 32.1. The van der Waals surface area contributed by atoms with Gasteiger partial charge in [-0.15, -0.1) is 11.3 Å². The van der Waals surface area contributed by atoms with Crippen LogP contribution in [0.1, 0.15) is 10.5 Å². The van der Waals surface area contributed by atoms with Crippen LogP contribution in [0.3, 0.4) is 0 Å². The summed E-state index contributed by atoms with van der Waals surface area (Å²) in [6, 6.07) is 11.4. The Bertz CT molecular complexity index is 724. The Kier molecular flexibility index (Phi) is 2.97. The molecule has 0 N–H and O–H groups in total. The lowest BCUT2D eigenvalue weighted by atomic mass is 10.2. The number of pyridine rings is 1. The number of aromatic nitrogens is 2. The lowest BCUT2D eigenvalue weighted by molar-refractivity contribution is 0.0988. The van der Waals surface area contributed by atoms with Crippen molar-refractivity contribution < 1.29 is 4.79 Å². The molecule has 0 spiro atoms. The lowest BCUT2D eigenvalue weighted by Crippen LogP contribution is -2.27. The van der Waals surface area contributed by atoms with Gasteiger partial charge in [0.15, 0.2) is 0 Å². The minimum absolute atomic E-state index is 0.156. The van der Waals surface area contributed by atoms with E-state index in [1.54, 1.807) is 18.6 Å². The monoisotopic (exact) mass is 269 g/mol. The first kappa shape index (κ1) is 11.8. The van der Waals surface area contributed by atoms with Crippen molar-refractivity contribution in [3.63, 3.8) is 0 Å². The molecule has 0 saturated heterocycles. The standard InChI is InChI=1S/C14H11N3OS/c1-17(13-8-19-9-15-13)14(18)12-7-6-10-4-2-3-5-11(10)16-12/h2-9H,1H3. The largest absolute Gasteiger partial charge is 0.294 e. The average Bonchev–Trinajstić information content (AvgIpc) is 2.99. The molecule has 0 bridgehead atoms. The van der Waals surface area contributed by atoms with E-state index >= 15 is 0 Å². The van der Waals surface area contributed by atoms with E-state index in [1.807, 2.05) is 35.7 Å². The topological polar surface area (TPSA) is 46.1 Å². The molecule has 5 heteroatoms. The normalized spacial score (nSPS) is 10.6. The molecule has 2 heterocycles. The predicted molar refractivity (Wildman–Crippen MR) is 76.6 cm³/mol. The van der Waals surface area contributed by atoms with Crippen molar-refractivity contribution >= 4 is 34.0 Å². The van der Waals surface area contributed by atoms with Crippen LogP contribution in [0.25, 0.3) is 10.9 Å². The maximum Gasteiger partial charge on any atom is 0.277 e. The molecule has 1 aromatic carbocycles. The molecule has 2 aromatic heterocycles. The number of carbonyl (C=O) groups excluding carboxylic acids is 1. The number of anilines is 1. The van der Waals surface area contributed by atoms with E-state index in [0.717, 1.165) is 10.9 Å². The van der Waals surface area contributed by atoms with Gasteiger partial charge in [-0.2, -0.15) is 0 Å². The summed E-state index contributed by atoms with van der Waals surface area (Å²) in [6.07, 6.45) is 0. The number of thiazole rings is 1. The molecule has 4 nitrogen and oxygen atoms in total. The predicted octanol–water partition coefficient (Wildman–Crippen LogP) is 2.97. The first-order chi connectivity index (χ1) is 9.25. The molecule has 0 aliphatic carbocycles. The second-order valence-electron chi connectivity index (χ2n) is 4.10. The molecule has 0 saturated carbocycles. The van der Waals surface area contributed by atoms with Gasteiger partial charge in [-0.1, -0.05) is 24.3 Å². The molecule has 0 aliphatic heterocycles. The number of rotatable bonds is 2. The van der Waals surface area contributed by atoms with Gasteiger partial charge in [0.2, 0.25) is 0 Å². The maximum absolute atomic E-state index is 12.3. The fraction of sp³-hybridized carbons (Fsp3) is 0.0714. The van der Waals surface area contributed by atoms with Crippen LogP contribution in [0, 0.1) is 0 Å². The number of fused-ring (bicyclic) bond motifs is 1. The van der Waals surface area contributed by atoms with Crippen molar-refractivity contribution in [1.82, 2.24) is 9.97 Å². The lowest BCUT2D eigenvalue weighted by Gasteiger charge is -2.13. The zero-order valence-electron chi connectivity index (χ0n) is 10.3. The Morgan fingerprint density at radius 2 is 2.05 bits per heavy atom. The molecule has 0 aliphatic rings. The van der Waals surface area contributed by atoms with Crippen LogP contribution in [0.4, 0.5) is 5.82 Å². The van der Waals surface area contributed by atoms with Gasteiger partial charge >= 0.3 is 0 Å². The average molecular weight is 269 g/mol. The Hall–Kier alpha value is -2.27. The Balaban J connectivity index is 1.97. The Morgan fingerprint density at radius 1 is 1.21 bits per heavy atom. The smallest absolute Gasteiger partial charge is 0.277 e. The van der Waals surface area contributed by atoms with E-state index in [2.05, 4.69) is 9.97 Å². The molecule has 3 aromatic rings. The number of hydrogen-bond donors (Lipinski definition) is 0. The number of nitrogens with zero attached hydrogens (tertiary/aromatic N) is 3. The zero-order chi connectivity index (χ0) is 13.2. The van der Waals surface area contributed by atoms with Gasteiger partial charge in [-0.05, 0) is 12.1 Å². The zero-order valence-corrected chi connectivity index (χ0v) is 11.1. The van der Waals surface area contributed by atoms with E-state index in [1.165, 1.54) is 16.2 Å². The Morgan fingerprint density at radius 3 is 2.84 bits per heavy atom. The SMILES string of the molecule is CN(C(=O)c1ccc2ccccc2n1)c1cscn1. The van der Waals surface area contributed by atoms with Crippen molar-refractivity contribution in [2.75, 3.05) is 11.9 Å². The molecular formula is C14H11N3OS. The van der Waals surface area contributed by atoms with Crippen molar-refractivity contribution in [2.45, 2.75) is 0 Å². The number of hydrogen-bond acceptors (Lipinski definition) is 4. The number of para-hydroxylation sites is 1. The summed E-state index contributed by atoms with van der Waals surface area (Å²) >= 11 is 1.46. The summed E-state index contributed by atoms with van der Waals surface area (Å²) in [7, 11) is 1.70. The molecule has 0 atom stereocenters. The quantitative estimate of drug-likeness (QED) is 0.718. The second kappa shape index (κ2) is 4.78. The minimum Gasteiger partial charge on any atom is -0.294 e. The third kappa shape index (κ3) is 2.20. The van der Waals surface area contributed by atoms with Crippen molar-refractivity contribution in [1.29, 1.82) is 0 Å². The molecule has 0 fully saturated rings. The summed E-state index contributed by atoms with van der Waals surface area (Å²) in [5.41, 5.74) is 2.95. The fourth-order valence-corrected chi connectivity index (χ4v) is 2.40. The number of carbonyl (C=O) groups is 1. The molecule has 0 unspecified atom stereocenters. The molecule has 19 heavy (non-hydrogen) atoms. The van der Waals surface area contributed by atoms with Gasteiger partial charge in [-0.25, -0.2) is 9.97 Å². The number of benzene rings is 1. The van der Waals surface area contributed by atoms with Crippen LogP contribution in [-0.2, 0) is 0 Å². The highest BCUT2D eigenvalue weighted by Crippen LogP contribution is 2.16. The van der Waals surface area contributed by atoms with Crippen molar-refractivity contribution in [3.8, 4) is 0 Å². The van der Waals surface area contributed by atoms with E-state index in [9.17, 15) is 4.79 Å². The summed E-state index contributed by atoms with van der Waals surface area (Å²) in [4.78, 5) is 22.3. The van der Waals surface area contributed by atoms with Gasteiger partial charge in [-0.3, -0.25) is 9.69 Å². The molecule has 1 amide bonds. The summed E-state index contributed by atoms with van der Waals surface area (Å²) in [6.45, 7) is 0. The van der Waals surface area contributed by atoms with Crippen molar-refractivity contribution in [2.24, 2.45) is 0 Å². The Labute approximate surface area is 114 Å². The molecular weight excluding hydrogens is 258 g/mol. The van der Waals surface area contributed by atoms with Crippen LogP contribution in [-0.4, -0.2) is 22.9 Å².